The number of hydrogen-bond acceptors (Lipinski definition) is 4. The molecule has 0 aromatic rings. The normalized spacial score (nSPS) is 31.3. The minimum absolute atomic E-state index is 0.0560. The maximum Gasteiger partial charge on any atom is 0.410 e. The van der Waals surface area contributed by atoms with Crippen LogP contribution in [0, 0.1) is 0 Å². The van der Waals surface area contributed by atoms with Crippen molar-refractivity contribution in [1.29, 1.82) is 0 Å². The number of fused-ring (bicyclic) bond motifs is 2. The number of nitrogens with one attached hydrogen (secondary N) is 1. The second-order valence-electron chi connectivity index (χ2n) is 5.91. The van der Waals surface area contributed by atoms with Crippen LogP contribution in [-0.2, 0) is 9.53 Å². The lowest BCUT2D eigenvalue weighted by Gasteiger charge is -2.39. The summed E-state index contributed by atoms with van der Waals surface area (Å²) in [5.41, 5.74) is -0.555. The first kappa shape index (κ1) is 13.1. The van der Waals surface area contributed by atoms with E-state index in [9.17, 15) is 9.59 Å². The van der Waals surface area contributed by atoms with Gasteiger partial charge >= 0.3 is 12.1 Å². The third kappa shape index (κ3) is 2.43. The molecule has 2 rings (SSSR count). The molecular formula is C12H20N2O4. The van der Waals surface area contributed by atoms with E-state index in [2.05, 4.69) is 5.32 Å². The number of aliphatic carboxylic acids is 1. The Morgan fingerprint density at radius 1 is 1.33 bits per heavy atom. The van der Waals surface area contributed by atoms with Crippen LogP contribution in [0.1, 0.15) is 33.6 Å². The summed E-state index contributed by atoms with van der Waals surface area (Å²) in [7, 11) is 0. The number of carboxylic acids is 1. The fraction of sp³-hybridized carbons (Fsp3) is 0.833. The molecule has 6 nitrogen and oxygen atoms in total. The van der Waals surface area contributed by atoms with Crippen molar-refractivity contribution in [3.05, 3.63) is 0 Å². The van der Waals surface area contributed by atoms with Crippen molar-refractivity contribution < 1.29 is 19.4 Å². The molecular weight excluding hydrogens is 236 g/mol. The Balaban J connectivity index is 2.13. The lowest BCUT2D eigenvalue weighted by molar-refractivity contribution is -0.142. The molecule has 0 radical (unpaired) electrons. The molecule has 18 heavy (non-hydrogen) atoms. The van der Waals surface area contributed by atoms with Gasteiger partial charge in [0.05, 0.1) is 6.04 Å². The predicted molar refractivity (Wildman–Crippen MR) is 64.3 cm³/mol. The average Bonchev–Trinajstić information content (AvgIpc) is 2.49. The van der Waals surface area contributed by atoms with E-state index in [1.807, 2.05) is 20.8 Å². The van der Waals surface area contributed by atoms with Crippen molar-refractivity contribution >= 4 is 12.1 Å². The number of amides is 1. The maximum atomic E-state index is 12.1. The van der Waals surface area contributed by atoms with Gasteiger partial charge in [0.15, 0.2) is 0 Å². The fourth-order valence-corrected chi connectivity index (χ4v) is 2.69. The number of piperazine rings is 1. The van der Waals surface area contributed by atoms with E-state index in [1.54, 1.807) is 4.90 Å². The van der Waals surface area contributed by atoms with Gasteiger partial charge in [-0.25, -0.2) is 4.79 Å². The van der Waals surface area contributed by atoms with Gasteiger partial charge < -0.3 is 15.2 Å². The molecule has 2 bridgehead atoms. The molecule has 2 saturated heterocycles. The SMILES string of the molecule is CC(C)(C)OC(=O)N1C2CCC1C(C(=O)O)NC2. The van der Waals surface area contributed by atoms with Gasteiger partial charge in [-0.2, -0.15) is 0 Å². The molecule has 2 N–H and O–H groups in total. The standard InChI is InChI=1S/C12H20N2O4/c1-12(2,3)18-11(17)14-7-4-5-8(14)9(10(15)16)13-6-7/h7-9,13H,4-6H2,1-3H3,(H,15,16). The van der Waals surface area contributed by atoms with Gasteiger partial charge in [-0.1, -0.05) is 0 Å². The van der Waals surface area contributed by atoms with Crippen LogP contribution in [-0.4, -0.2) is 52.3 Å². The van der Waals surface area contributed by atoms with Crippen LogP contribution >= 0.6 is 0 Å². The highest BCUT2D eigenvalue weighted by Gasteiger charge is 2.48. The van der Waals surface area contributed by atoms with Crippen LogP contribution in [0.3, 0.4) is 0 Å². The smallest absolute Gasteiger partial charge is 0.410 e. The number of carboxylic acid groups (broad SMARTS) is 1. The van der Waals surface area contributed by atoms with E-state index in [1.165, 1.54) is 0 Å². The summed E-state index contributed by atoms with van der Waals surface area (Å²) in [6, 6.07) is -0.923. The van der Waals surface area contributed by atoms with Crippen molar-refractivity contribution in [1.82, 2.24) is 10.2 Å². The fourth-order valence-electron chi connectivity index (χ4n) is 2.69. The Labute approximate surface area is 106 Å². The molecule has 0 aromatic carbocycles. The zero-order chi connectivity index (χ0) is 13.5. The monoisotopic (exact) mass is 256 g/mol. The van der Waals surface area contributed by atoms with Crippen molar-refractivity contribution in [2.75, 3.05) is 6.54 Å². The number of ether oxygens (including phenoxy) is 1. The Kier molecular flexibility index (Phi) is 3.23. The number of carbonyl (C=O) groups excluding carboxylic acids is 1. The molecule has 0 spiro atoms. The summed E-state index contributed by atoms with van der Waals surface area (Å²) in [5, 5.41) is 12.1. The first-order chi connectivity index (χ1) is 8.29. The van der Waals surface area contributed by atoms with Crippen LogP contribution in [0.2, 0.25) is 0 Å². The van der Waals surface area contributed by atoms with Gasteiger partial charge in [0.2, 0.25) is 0 Å². The van der Waals surface area contributed by atoms with Crippen molar-refractivity contribution in [3.8, 4) is 0 Å². The van der Waals surface area contributed by atoms with Gasteiger partial charge in [-0.3, -0.25) is 9.69 Å². The van der Waals surface area contributed by atoms with Crippen molar-refractivity contribution in [2.24, 2.45) is 0 Å². The first-order valence-corrected chi connectivity index (χ1v) is 6.27. The molecule has 2 aliphatic rings. The predicted octanol–water partition coefficient (Wildman–Crippen LogP) is 0.811. The second kappa shape index (κ2) is 4.42. The summed E-state index contributed by atoms with van der Waals surface area (Å²) in [5.74, 6) is -0.908. The highest BCUT2D eigenvalue weighted by molar-refractivity contribution is 5.77. The van der Waals surface area contributed by atoms with Gasteiger partial charge in [0.25, 0.3) is 0 Å². The molecule has 3 atom stereocenters. The van der Waals surface area contributed by atoms with Crippen molar-refractivity contribution in [3.63, 3.8) is 0 Å². The number of rotatable bonds is 1. The minimum atomic E-state index is -0.908. The summed E-state index contributed by atoms with van der Waals surface area (Å²) in [4.78, 5) is 24.9. The highest BCUT2D eigenvalue weighted by atomic mass is 16.6. The zero-order valence-electron chi connectivity index (χ0n) is 11.0. The van der Waals surface area contributed by atoms with Crippen LogP contribution in [0.5, 0.6) is 0 Å². The van der Waals surface area contributed by atoms with Crippen molar-refractivity contribution in [2.45, 2.75) is 57.3 Å². The summed E-state index contributed by atoms with van der Waals surface area (Å²) >= 11 is 0. The van der Waals surface area contributed by atoms with Gasteiger partial charge in [-0.05, 0) is 33.6 Å². The third-order valence-corrected chi connectivity index (χ3v) is 3.37. The van der Waals surface area contributed by atoms with Crippen LogP contribution in [0.25, 0.3) is 0 Å². The van der Waals surface area contributed by atoms with E-state index in [0.717, 1.165) is 6.42 Å². The van der Waals surface area contributed by atoms with E-state index >= 15 is 0 Å². The van der Waals surface area contributed by atoms with E-state index in [4.69, 9.17) is 9.84 Å². The number of carbonyl (C=O) groups is 2. The van der Waals surface area contributed by atoms with E-state index in [0.29, 0.717) is 13.0 Å². The molecule has 2 heterocycles. The van der Waals surface area contributed by atoms with Gasteiger partial charge in [0.1, 0.15) is 11.6 Å². The molecule has 3 unspecified atom stereocenters. The molecule has 2 aliphatic heterocycles. The number of hydrogen-bond donors (Lipinski definition) is 2. The van der Waals surface area contributed by atoms with Crippen LogP contribution in [0.15, 0.2) is 0 Å². The largest absolute Gasteiger partial charge is 0.480 e. The summed E-state index contributed by atoms with van der Waals surface area (Å²) < 4.78 is 5.35. The summed E-state index contributed by atoms with van der Waals surface area (Å²) in [6.07, 6.45) is 1.15. The quantitative estimate of drug-likeness (QED) is 0.726. The van der Waals surface area contributed by atoms with Gasteiger partial charge in [0, 0.05) is 12.6 Å². The number of nitrogens with zero attached hydrogens (tertiary/aromatic N) is 1. The topological polar surface area (TPSA) is 78.9 Å². The Hall–Kier alpha value is -1.30. The molecule has 2 fully saturated rings. The zero-order valence-corrected chi connectivity index (χ0v) is 11.0. The lowest BCUT2D eigenvalue weighted by atomic mass is 10.1. The highest BCUT2D eigenvalue weighted by Crippen LogP contribution is 2.31. The third-order valence-electron chi connectivity index (χ3n) is 3.37. The average molecular weight is 256 g/mol. The molecule has 102 valence electrons. The van der Waals surface area contributed by atoms with E-state index < -0.39 is 23.7 Å². The lowest BCUT2D eigenvalue weighted by Crippen LogP contribution is -2.62. The molecule has 0 aliphatic carbocycles. The molecule has 1 amide bonds. The minimum Gasteiger partial charge on any atom is -0.480 e. The van der Waals surface area contributed by atoms with Crippen LogP contribution in [0.4, 0.5) is 4.79 Å². The molecule has 0 saturated carbocycles. The maximum absolute atomic E-state index is 12.1. The Morgan fingerprint density at radius 3 is 2.56 bits per heavy atom. The molecule has 6 heteroatoms. The Bertz CT molecular complexity index is 364. The second-order valence-corrected chi connectivity index (χ2v) is 5.91. The molecule has 0 aromatic heterocycles. The van der Waals surface area contributed by atoms with Gasteiger partial charge in [-0.15, -0.1) is 0 Å². The first-order valence-electron chi connectivity index (χ1n) is 6.27. The van der Waals surface area contributed by atoms with E-state index in [-0.39, 0.29) is 12.1 Å². The summed E-state index contributed by atoms with van der Waals surface area (Å²) in [6.45, 7) is 5.95. The Morgan fingerprint density at radius 2 is 2.00 bits per heavy atom. The van der Waals surface area contributed by atoms with Crippen LogP contribution < -0.4 is 5.32 Å².